The lowest BCUT2D eigenvalue weighted by molar-refractivity contribution is -0.139. The van der Waals surface area contributed by atoms with E-state index in [4.69, 9.17) is 14.2 Å². The van der Waals surface area contributed by atoms with Gasteiger partial charge in [-0.15, -0.1) is 6.58 Å². The van der Waals surface area contributed by atoms with Crippen molar-refractivity contribution < 1.29 is 19.0 Å². The predicted molar refractivity (Wildman–Crippen MR) is 77.8 cm³/mol. The molecule has 0 aromatic heterocycles. The van der Waals surface area contributed by atoms with Gasteiger partial charge in [0.1, 0.15) is 19.0 Å². The average molecular weight is 276 g/mol. The van der Waals surface area contributed by atoms with Gasteiger partial charge in [-0.2, -0.15) is 0 Å². The van der Waals surface area contributed by atoms with Crippen molar-refractivity contribution >= 4 is 5.97 Å². The van der Waals surface area contributed by atoms with Crippen LogP contribution in [0.25, 0.3) is 0 Å². The summed E-state index contributed by atoms with van der Waals surface area (Å²) in [5.41, 5.74) is 1.10. The normalized spacial score (nSPS) is 9.80. The maximum atomic E-state index is 10.8. The summed E-state index contributed by atoms with van der Waals surface area (Å²) >= 11 is 0. The van der Waals surface area contributed by atoms with E-state index < -0.39 is 5.97 Å². The lowest BCUT2D eigenvalue weighted by Gasteiger charge is -2.10. The van der Waals surface area contributed by atoms with Crippen molar-refractivity contribution in [2.45, 2.75) is 6.42 Å². The van der Waals surface area contributed by atoms with Gasteiger partial charge in [0.05, 0.1) is 13.2 Å². The Morgan fingerprint density at radius 3 is 2.60 bits per heavy atom. The van der Waals surface area contributed by atoms with E-state index in [1.54, 1.807) is 0 Å². The summed E-state index contributed by atoms with van der Waals surface area (Å²) in [6, 6.07) is 7.82. The van der Waals surface area contributed by atoms with Gasteiger partial charge < -0.3 is 14.2 Å². The number of esters is 1. The fourth-order valence-corrected chi connectivity index (χ4v) is 1.54. The highest BCUT2D eigenvalue weighted by molar-refractivity contribution is 5.81. The zero-order valence-electron chi connectivity index (χ0n) is 11.5. The van der Waals surface area contributed by atoms with E-state index >= 15 is 0 Å². The molecule has 0 saturated heterocycles. The quantitative estimate of drug-likeness (QED) is 0.285. The molecule has 0 unspecified atom stereocenters. The van der Waals surface area contributed by atoms with Crippen molar-refractivity contribution in [3.8, 4) is 5.75 Å². The fourth-order valence-electron chi connectivity index (χ4n) is 1.54. The number of carbonyl (C=O) groups excluding carboxylic acids is 1. The summed E-state index contributed by atoms with van der Waals surface area (Å²) in [5, 5.41) is 0. The maximum Gasteiger partial charge on any atom is 0.330 e. The number of para-hydroxylation sites is 1. The first-order valence-electron chi connectivity index (χ1n) is 6.46. The molecule has 4 heteroatoms. The van der Waals surface area contributed by atoms with Crippen LogP contribution in [-0.4, -0.2) is 32.4 Å². The van der Waals surface area contributed by atoms with Gasteiger partial charge >= 0.3 is 5.97 Å². The number of hydrogen-bond acceptors (Lipinski definition) is 4. The Morgan fingerprint density at radius 1 is 1.10 bits per heavy atom. The molecule has 0 aliphatic carbocycles. The van der Waals surface area contributed by atoms with Crippen LogP contribution in [0.4, 0.5) is 0 Å². The zero-order valence-corrected chi connectivity index (χ0v) is 11.5. The SMILES string of the molecule is C=CCc1ccccc1OCCOCCOC(=O)C=C. The molecule has 1 aromatic carbocycles. The Balaban J connectivity index is 2.16. The average Bonchev–Trinajstić information content (AvgIpc) is 2.47. The van der Waals surface area contributed by atoms with Gasteiger partial charge in [-0.3, -0.25) is 0 Å². The van der Waals surface area contributed by atoms with E-state index in [-0.39, 0.29) is 6.61 Å². The number of ether oxygens (including phenoxy) is 3. The largest absolute Gasteiger partial charge is 0.491 e. The molecule has 0 bridgehead atoms. The summed E-state index contributed by atoms with van der Waals surface area (Å²) < 4.78 is 15.7. The van der Waals surface area contributed by atoms with E-state index in [0.717, 1.165) is 23.8 Å². The van der Waals surface area contributed by atoms with Crippen molar-refractivity contribution in [1.82, 2.24) is 0 Å². The predicted octanol–water partition coefficient (Wildman–Crippen LogP) is 2.54. The minimum Gasteiger partial charge on any atom is -0.491 e. The third kappa shape index (κ3) is 6.20. The first-order chi connectivity index (χ1) is 9.77. The van der Waals surface area contributed by atoms with Crippen molar-refractivity contribution in [1.29, 1.82) is 0 Å². The third-order valence-electron chi connectivity index (χ3n) is 2.46. The molecule has 0 spiro atoms. The van der Waals surface area contributed by atoms with E-state index in [2.05, 4.69) is 13.2 Å². The molecule has 1 rings (SSSR count). The van der Waals surface area contributed by atoms with Crippen LogP contribution in [0.5, 0.6) is 5.75 Å². The Hall–Kier alpha value is -2.07. The summed E-state index contributed by atoms with van der Waals surface area (Å²) in [6.45, 7) is 8.47. The molecule has 0 amide bonds. The number of hydrogen-bond donors (Lipinski definition) is 0. The molecule has 20 heavy (non-hydrogen) atoms. The Morgan fingerprint density at radius 2 is 1.85 bits per heavy atom. The van der Waals surface area contributed by atoms with Crippen LogP contribution < -0.4 is 4.74 Å². The second-order valence-electron chi connectivity index (χ2n) is 3.93. The monoisotopic (exact) mass is 276 g/mol. The third-order valence-corrected chi connectivity index (χ3v) is 2.46. The molecule has 0 saturated carbocycles. The molecule has 1 aromatic rings. The maximum absolute atomic E-state index is 10.8. The van der Waals surface area contributed by atoms with Gasteiger partial charge in [0.25, 0.3) is 0 Å². The van der Waals surface area contributed by atoms with Gasteiger partial charge in [-0.1, -0.05) is 30.9 Å². The van der Waals surface area contributed by atoms with Crippen LogP contribution in [0.2, 0.25) is 0 Å². The van der Waals surface area contributed by atoms with Crippen molar-refractivity contribution in [2.24, 2.45) is 0 Å². The molecule has 0 radical (unpaired) electrons. The summed E-state index contributed by atoms with van der Waals surface area (Å²) in [5.74, 6) is 0.400. The molecule has 0 aliphatic rings. The molecule has 108 valence electrons. The highest BCUT2D eigenvalue weighted by Gasteiger charge is 2.01. The van der Waals surface area contributed by atoms with E-state index in [1.807, 2.05) is 30.3 Å². The minimum atomic E-state index is -0.441. The summed E-state index contributed by atoms with van der Waals surface area (Å²) in [4.78, 5) is 10.8. The number of carbonyl (C=O) groups is 1. The van der Waals surface area contributed by atoms with E-state index in [1.165, 1.54) is 0 Å². The van der Waals surface area contributed by atoms with Gasteiger partial charge in [0.15, 0.2) is 0 Å². The number of rotatable bonds is 10. The highest BCUT2D eigenvalue weighted by Crippen LogP contribution is 2.18. The number of allylic oxidation sites excluding steroid dienone is 1. The number of benzene rings is 1. The molecule has 0 heterocycles. The molecule has 0 atom stereocenters. The summed E-state index contributed by atoms with van der Waals surface area (Å²) in [7, 11) is 0. The highest BCUT2D eigenvalue weighted by atomic mass is 16.6. The van der Waals surface area contributed by atoms with Crippen LogP contribution in [0.1, 0.15) is 5.56 Å². The first-order valence-corrected chi connectivity index (χ1v) is 6.46. The van der Waals surface area contributed by atoms with Gasteiger partial charge in [-0.25, -0.2) is 4.79 Å². The van der Waals surface area contributed by atoms with Gasteiger partial charge in [0.2, 0.25) is 0 Å². The lowest BCUT2D eigenvalue weighted by Crippen LogP contribution is -2.12. The standard InChI is InChI=1S/C16H20O4/c1-3-7-14-8-5-6-9-15(14)19-12-10-18-11-13-20-16(17)4-2/h3-6,8-9H,1-2,7,10-13H2. The van der Waals surface area contributed by atoms with Crippen molar-refractivity contribution in [3.05, 3.63) is 55.1 Å². The fraction of sp³-hybridized carbons (Fsp3) is 0.312. The zero-order chi connectivity index (χ0) is 14.6. The van der Waals surface area contributed by atoms with Crippen molar-refractivity contribution in [2.75, 3.05) is 26.4 Å². The lowest BCUT2D eigenvalue weighted by atomic mass is 10.1. The minimum absolute atomic E-state index is 0.220. The molecule has 0 aliphatic heterocycles. The van der Waals surface area contributed by atoms with Gasteiger partial charge in [0, 0.05) is 6.08 Å². The molecule has 0 fully saturated rings. The molecule has 0 N–H and O–H groups in total. The summed E-state index contributed by atoms with van der Waals surface area (Å²) in [6.07, 6.45) is 3.74. The second-order valence-corrected chi connectivity index (χ2v) is 3.93. The van der Waals surface area contributed by atoms with E-state index in [0.29, 0.717) is 19.8 Å². The molecular formula is C16H20O4. The molecular weight excluding hydrogens is 256 g/mol. The van der Waals surface area contributed by atoms with Crippen LogP contribution in [0, 0.1) is 0 Å². The van der Waals surface area contributed by atoms with Crippen LogP contribution in [0.15, 0.2) is 49.6 Å². The van der Waals surface area contributed by atoms with Gasteiger partial charge in [-0.05, 0) is 18.1 Å². The Kier molecular flexibility index (Phi) is 7.84. The second kappa shape index (κ2) is 9.81. The van der Waals surface area contributed by atoms with Crippen LogP contribution >= 0.6 is 0 Å². The van der Waals surface area contributed by atoms with E-state index in [9.17, 15) is 4.79 Å². The smallest absolute Gasteiger partial charge is 0.330 e. The first kappa shape index (κ1) is 16.0. The van der Waals surface area contributed by atoms with Crippen molar-refractivity contribution in [3.63, 3.8) is 0 Å². The van der Waals surface area contributed by atoms with Crippen LogP contribution in [-0.2, 0) is 20.7 Å². The Labute approximate surface area is 119 Å². The topological polar surface area (TPSA) is 44.8 Å². The Bertz CT molecular complexity index is 440. The van der Waals surface area contributed by atoms with Crippen LogP contribution in [0.3, 0.4) is 0 Å². The molecule has 4 nitrogen and oxygen atoms in total.